The van der Waals surface area contributed by atoms with E-state index >= 15 is 0 Å². The van der Waals surface area contributed by atoms with Crippen LogP contribution in [0.25, 0.3) is 0 Å². The molecule has 1 amide bonds. The molecule has 0 saturated heterocycles. The molecule has 1 aromatic rings. The first-order valence-electron chi connectivity index (χ1n) is 6.61. The third-order valence-electron chi connectivity index (χ3n) is 2.46. The number of carboxylic acid groups (broad SMARTS) is 1. The van der Waals surface area contributed by atoms with E-state index in [0.29, 0.717) is 18.0 Å². The fourth-order valence-corrected chi connectivity index (χ4v) is 3.44. The van der Waals surface area contributed by atoms with Crippen LogP contribution >= 0.6 is 21.6 Å². The zero-order valence-electron chi connectivity index (χ0n) is 12.5. The Balaban J connectivity index is 2.29. The van der Waals surface area contributed by atoms with Crippen LogP contribution in [-0.2, 0) is 10.3 Å². The number of nitrogens with zero attached hydrogens (tertiary/aromatic N) is 2. The predicted molar refractivity (Wildman–Crippen MR) is 86.7 cm³/mol. The maximum absolute atomic E-state index is 12.1. The Morgan fingerprint density at radius 2 is 2.00 bits per heavy atom. The third kappa shape index (κ3) is 6.43. The van der Waals surface area contributed by atoms with Gasteiger partial charge in [-0.15, -0.1) is 0 Å². The van der Waals surface area contributed by atoms with E-state index in [9.17, 15) is 9.59 Å². The van der Waals surface area contributed by atoms with Crippen molar-refractivity contribution < 1.29 is 14.7 Å². The van der Waals surface area contributed by atoms with Crippen molar-refractivity contribution in [3.05, 3.63) is 18.0 Å². The highest BCUT2D eigenvalue weighted by molar-refractivity contribution is 8.76. The van der Waals surface area contributed by atoms with Crippen molar-refractivity contribution in [1.29, 1.82) is 0 Å². The van der Waals surface area contributed by atoms with Crippen LogP contribution in [0.1, 0.15) is 37.7 Å². The van der Waals surface area contributed by atoms with Crippen LogP contribution in [0.4, 0.5) is 0 Å². The molecule has 0 aliphatic heterocycles. The Labute approximate surface area is 132 Å². The van der Waals surface area contributed by atoms with Gasteiger partial charge in [0, 0.05) is 24.2 Å². The first kappa shape index (κ1) is 17.9. The molecule has 8 heteroatoms. The minimum atomic E-state index is -0.785. The number of carbonyl (C=O) groups excluding carboxylic acids is 1. The molecule has 6 nitrogen and oxygen atoms in total. The van der Waals surface area contributed by atoms with Crippen molar-refractivity contribution in [2.45, 2.75) is 32.7 Å². The van der Waals surface area contributed by atoms with Crippen LogP contribution in [0.15, 0.2) is 12.3 Å². The summed E-state index contributed by atoms with van der Waals surface area (Å²) in [6.45, 7) is 6.52. The van der Waals surface area contributed by atoms with Crippen molar-refractivity contribution >= 4 is 33.5 Å². The van der Waals surface area contributed by atoms with E-state index in [1.807, 2.05) is 20.8 Å². The molecule has 0 saturated carbocycles. The van der Waals surface area contributed by atoms with E-state index < -0.39 is 5.97 Å². The van der Waals surface area contributed by atoms with Crippen LogP contribution in [0.3, 0.4) is 0 Å². The summed E-state index contributed by atoms with van der Waals surface area (Å²) in [5.74, 6) is 0.384. The van der Waals surface area contributed by atoms with Crippen LogP contribution in [0, 0.1) is 0 Å². The second kappa shape index (κ2) is 8.33. The van der Waals surface area contributed by atoms with Gasteiger partial charge in [-0.3, -0.25) is 14.3 Å². The van der Waals surface area contributed by atoms with Crippen molar-refractivity contribution in [3.8, 4) is 0 Å². The predicted octanol–water partition coefficient (Wildman–Crippen LogP) is 2.22. The van der Waals surface area contributed by atoms with Gasteiger partial charge in [0.25, 0.3) is 5.91 Å². The molecule has 0 bridgehead atoms. The van der Waals surface area contributed by atoms with Gasteiger partial charge in [0.05, 0.1) is 12.0 Å². The molecule has 1 aromatic heterocycles. The molecular weight excluding hydrogens is 310 g/mol. The molecule has 1 rings (SSSR count). The van der Waals surface area contributed by atoms with Crippen molar-refractivity contribution in [1.82, 2.24) is 15.1 Å². The summed E-state index contributed by atoms with van der Waals surface area (Å²) in [5, 5.41) is 15.5. The fraction of sp³-hybridized carbons (Fsp3) is 0.615. The summed E-state index contributed by atoms with van der Waals surface area (Å²) >= 11 is 0. The summed E-state index contributed by atoms with van der Waals surface area (Å²) in [7, 11) is 3.07. The Morgan fingerprint density at radius 1 is 1.33 bits per heavy atom. The second-order valence-corrected chi connectivity index (χ2v) is 8.04. The Hall–Kier alpha value is -1.15. The number of hydrogen-bond donors (Lipinski definition) is 2. The monoisotopic (exact) mass is 331 g/mol. The average Bonchev–Trinajstić information content (AvgIpc) is 2.86. The lowest BCUT2D eigenvalue weighted by Crippen LogP contribution is -2.33. The molecule has 0 atom stereocenters. The van der Waals surface area contributed by atoms with Gasteiger partial charge in [0.2, 0.25) is 0 Å². The summed E-state index contributed by atoms with van der Waals surface area (Å²) < 4.78 is 1.71. The van der Waals surface area contributed by atoms with Crippen LogP contribution < -0.4 is 5.32 Å². The number of amides is 1. The van der Waals surface area contributed by atoms with Gasteiger partial charge in [-0.2, -0.15) is 5.10 Å². The topological polar surface area (TPSA) is 84.2 Å². The summed E-state index contributed by atoms with van der Waals surface area (Å²) in [4.78, 5) is 22.4. The van der Waals surface area contributed by atoms with Gasteiger partial charge in [-0.1, -0.05) is 21.6 Å². The first-order chi connectivity index (χ1) is 9.82. The van der Waals surface area contributed by atoms with Gasteiger partial charge in [-0.25, -0.2) is 0 Å². The summed E-state index contributed by atoms with van der Waals surface area (Å²) in [6, 6.07) is 1.70. The van der Waals surface area contributed by atoms with E-state index in [1.165, 1.54) is 10.8 Å². The molecule has 1 heterocycles. The molecule has 2 N–H and O–H groups in total. The smallest absolute Gasteiger partial charge is 0.304 e. The molecule has 0 radical (unpaired) electrons. The van der Waals surface area contributed by atoms with Gasteiger partial charge in [-0.05, 0) is 26.8 Å². The number of carboxylic acids is 1. The quantitative estimate of drug-likeness (QED) is 0.561. The third-order valence-corrected chi connectivity index (χ3v) is 4.87. The van der Waals surface area contributed by atoms with Crippen molar-refractivity contribution in [2.75, 3.05) is 18.1 Å². The van der Waals surface area contributed by atoms with E-state index in [0.717, 1.165) is 5.75 Å². The number of aromatic nitrogens is 2. The lowest BCUT2D eigenvalue weighted by molar-refractivity contribution is -0.136. The largest absolute Gasteiger partial charge is 0.481 e. The van der Waals surface area contributed by atoms with Crippen LogP contribution in [0.2, 0.25) is 0 Å². The zero-order valence-corrected chi connectivity index (χ0v) is 14.1. The highest BCUT2D eigenvalue weighted by Gasteiger charge is 2.20. The number of carbonyl (C=O) groups is 2. The fourth-order valence-electron chi connectivity index (χ4n) is 1.55. The Morgan fingerprint density at radius 3 is 2.62 bits per heavy atom. The van der Waals surface area contributed by atoms with Gasteiger partial charge in [0.15, 0.2) is 0 Å². The Bertz CT molecular complexity index is 483. The lowest BCUT2D eigenvalue weighted by atomic mass is 10.1. The van der Waals surface area contributed by atoms with E-state index in [2.05, 4.69) is 10.4 Å². The Kier molecular flexibility index (Phi) is 7.10. The molecule has 0 aromatic carbocycles. The molecule has 0 aliphatic carbocycles. The highest BCUT2D eigenvalue weighted by Crippen LogP contribution is 2.21. The molecule has 0 fully saturated rings. The molecule has 118 valence electrons. The number of hydrogen-bond acceptors (Lipinski definition) is 5. The molecular formula is C13H21N3O3S2. The summed E-state index contributed by atoms with van der Waals surface area (Å²) in [5.41, 5.74) is 0.309. The standard InChI is InChI=1S/C13H21N3O3S2/c1-13(2,3)16-10(4-6-15-16)12(19)14-7-9-21-20-8-5-11(17)18/h4,6H,5,7-9H2,1-3H3,(H,14,19)(H,17,18). The lowest BCUT2D eigenvalue weighted by Gasteiger charge is -2.21. The number of aliphatic carboxylic acids is 1. The van der Waals surface area contributed by atoms with Crippen molar-refractivity contribution in [3.63, 3.8) is 0 Å². The molecule has 21 heavy (non-hydrogen) atoms. The molecule has 0 unspecified atom stereocenters. The molecule has 0 spiro atoms. The van der Waals surface area contributed by atoms with Crippen LogP contribution in [-0.4, -0.2) is 44.8 Å². The highest BCUT2D eigenvalue weighted by atomic mass is 33.1. The van der Waals surface area contributed by atoms with E-state index in [1.54, 1.807) is 27.7 Å². The first-order valence-corrected chi connectivity index (χ1v) is 9.10. The summed E-state index contributed by atoms with van der Waals surface area (Å²) in [6.07, 6.45) is 1.78. The second-order valence-electron chi connectivity index (χ2n) is 5.34. The maximum Gasteiger partial charge on any atom is 0.304 e. The minimum absolute atomic E-state index is 0.140. The van der Waals surface area contributed by atoms with E-state index in [4.69, 9.17) is 5.11 Å². The normalized spacial score (nSPS) is 11.4. The van der Waals surface area contributed by atoms with Gasteiger partial charge in [0.1, 0.15) is 5.69 Å². The van der Waals surface area contributed by atoms with Gasteiger partial charge >= 0.3 is 5.97 Å². The SMILES string of the molecule is CC(C)(C)n1nccc1C(=O)NCCSSCCC(=O)O. The average molecular weight is 331 g/mol. The van der Waals surface area contributed by atoms with E-state index in [-0.39, 0.29) is 17.9 Å². The van der Waals surface area contributed by atoms with Crippen molar-refractivity contribution in [2.24, 2.45) is 0 Å². The van der Waals surface area contributed by atoms with Gasteiger partial charge < -0.3 is 10.4 Å². The number of rotatable bonds is 8. The maximum atomic E-state index is 12.1. The van der Waals surface area contributed by atoms with Crippen LogP contribution in [0.5, 0.6) is 0 Å². The zero-order chi connectivity index (χ0) is 15.9. The molecule has 0 aliphatic rings. The number of nitrogens with one attached hydrogen (secondary N) is 1. The minimum Gasteiger partial charge on any atom is -0.481 e.